The van der Waals surface area contributed by atoms with E-state index in [1.165, 1.54) is 0 Å². The minimum absolute atomic E-state index is 0.0257. The first-order valence-electron chi connectivity index (χ1n) is 10.8. The summed E-state index contributed by atoms with van der Waals surface area (Å²) in [5, 5.41) is 7.13. The van der Waals surface area contributed by atoms with Crippen LogP contribution < -0.4 is 15.5 Å². The van der Waals surface area contributed by atoms with Gasteiger partial charge in [-0.25, -0.2) is 18.7 Å². The van der Waals surface area contributed by atoms with Crippen LogP contribution in [0.1, 0.15) is 31.2 Å². The Bertz CT molecular complexity index is 1150. The smallest absolute Gasteiger partial charge is 0.225 e. The van der Waals surface area contributed by atoms with E-state index in [1.807, 2.05) is 6.07 Å². The minimum Gasteiger partial charge on any atom is -0.362 e. The van der Waals surface area contributed by atoms with Crippen molar-refractivity contribution in [1.82, 2.24) is 20.3 Å². The molecule has 174 valence electrons. The van der Waals surface area contributed by atoms with E-state index >= 15 is 0 Å². The van der Waals surface area contributed by atoms with E-state index in [1.54, 1.807) is 31.3 Å². The van der Waals surface area contributed by atoms with Crippen LogP contribution in [0.15, 0.2) is 30.5 Å². The quantitative estimate of drug-likeness (QED) is 0.518. The van der Waals surface area contributed by atoms with Gasteiger partial charge in [0.1, 0.15) is 11.0 Å². The van der Waals surface area contributed by atoms with Gasteiger partial charge in [-0.3, -0.25) is 4.79 Å². The molecule has 2 N–H and O–H groups in total. The molecule has 0 radical (unpaired) electrons. The van der Waals surface area contributed by atoms with Crippen molar-refractivity contribution in [1.29, 1.82) is 0 Å². The van der Waals surface area contributed by atoms with Crippen LogP contribution >= 0.6 is 11.6 Å². The van der Waals surface area contributed by atoms with Crippen molar-refractivity contribution in [2.24, 2.45) is 5.92 Å². The molecule has 0 saturated heterocycles. The first-order valence-corrected chi connectivity index (χ1v) is 11.2. The van der Waals surface area contributed by atoms with Crippen molar-refractivity contribution in [2.45, 2.75) is 38.3 Å². The molecule has 0 bridgehead atoms. The van der Waals surface area contributed by atoms with Gasteiger partial charge in [0.05, 0.1) is 5.52 Å². The Hall–Kier alpha value is -3.07. The summed E-state index contributed by atoms with van der Waals surface area (Å²) in [6.45, 7) is 0.413. The molecule has 1 aliphatic rings. The fraction of sp³-hybridized carbons (Fsp3) is 0.391. The van der Waals surface area contributed by atoms with E-state index in [9.17, 15) is 13.6 Å². The van der Waals surface area contributed by atoms with Gasteiger partial charge in [-0.2, -0.15) is 4.98 Å². The number of carbonyl (C=O) groups is 1. The zero-order valence-corrected chi connectivity index (χ0v) is 19.2. The van der Waals surface area contributed by atoms with Gasteiger partial charge in [0, 0.05) is 50.2 Å². The molecule has 10 heteroatoms. The Morgan fingerprint density at radius 1 is 1.12 bits per heavy atom. The standard InChI is InChI=1S/C23H25ClF2N6O/c1-32(2)21-16-9-17(25)18(26)10-19(16)30-23(31-21)29-15-6-4-14(5-7-15)22(33)28-12-13-3-8-20(24)27-11-13/h3,8-11,14-15H,4-7,12H2,1-2H3,(H,28,33)(H,29,30,31)/t14-,15+. The van der Waals surface area contributed by atoms with Crippen LogP contribution in [-0.2, 0) is 11.3 Å². The lowest BCUT2D eigenvalue weighted by Crippen LogP contribution is -2.36. The van der Waals surface area contributed by atoms with Crippen molar-refractivity contribution < 1.29 is 13.6 Å². The number of amides is 1. The van der Waals surface area contributed by atoms with Crippen LogP contribution in [0, 0.1) is 17.6 Å². The van der Waals surface area contributed by atoms with E-state index in [0.29, 0.717) is 34.4 Å². The lowest BCUT2D eigenvalue weighted by molar-refractivity contribution is -0.126. The number of nitrogens with zero attached hydrogens (tertiary/aromatic N) is 4. The summed E-state index contributed by atoms with van der Waals surface area (Å²) >= 11 is 5.79. The van der Waals surface area contributed by atoms with Crippen LogP contribution in [-0.4, -0.2) is 41.0 Å². The predicted octanol–water partition coefficient (Wildman–Crippen LogP) is 4.31. The largest absolute Gasteiger partial charge is 0.362 e. The highest BCUT2D eigenvalue weighted by Gasteiger charge is 2.27. The number of aromatic nitrogens is 3. The molecule has 1 aromatic carbocycles. The molecule has 0 spiro atoms. The number of nitrogens with one attached hydrogen (secondary N) is 2. The zero-order valence-electron chi connectivity index (χ0n) is 18.4. The van der Waals surface area contributed by atoms with Gasteiger partial charge >= 0.3 is 0 Å². The maximum atomic E-state index is 13.8. The third kappa shape index (κ3) is 5.47. The summed E-state index contributed by atoms with van der Waals surface area (Å²) in [7, 11) is 3.58. The third-order valence-corrected chi connectivity index (χ3v) is 6.05. The van der Waals surface area contributed by atoms with Crippen LogP contribution in [0.25, 0.3) is 10.9 Å². The number of carbonyl (C=O) groups excluding carboxylic acids is 1. The van der Waals surface area contributed by atoms with E-state index < -0.39 is 11.6 Å². The van der Waals surface area contributed by atoms with Gasteiger partial charge < -0.3 is 15.5 Å². The molecule has 33 heavy (non-hydrogen) atoms. The van der Waals surface area contributed by atoms with Crippen molar-refractivity contribution in [3.8, 4) is 0 Å². The van der Waals surface area contributed by atoms with E-state index in [0.717, 1.165) is 43.4 Å². The van der Waals surface area contributed by atoms with Crippen LogP contribution in [0.2, 0.25) is 5.15 Å². The van der Waals surface area contributed by atoms with Crippen LogP contribution in [0.3, 0.4) is 0 Å². The van der Waals surface area contributed by atoms with Gasteiger partial charge in [0.25, 0.3) is 0 Å². The fourth-order valence-corrected chi connectivity index (χ4v) is 4.15. The summed E-state index contributed by atoms with van der Waals surface area (Å²) in [6, 6.07) is 5.83. The minimum atomic E-state index is -0.947. The monoisotopic (exact) mass is 474 g/mol. The fourth-order valence-electron chi connectivity index (χ4n) is 4.04. The molecule has 2 heterocycles. The zero-order chi connectivity index (χ0) is 23.5. The van der Waals surface area contributed by atoms with Crippen molar-refractivity contribution in [3.05, 3.63) is 52.8 Å². The molecule has 1 amide bonds. The number of rotatable bonds is 6. The molecule has 4 rings (SSSR count). The summed E-state index contributed by atoms with van der Waals surface area (Å²) in [5.74, 6) is -1.05. The highest BCUT2D eigenvalue weighted by molar-refractivity contribution is 6.29. The second-order valence-electron chi connectivity index (χ2n) is 8.45. The number of hydrogen-bond acceptors (Lipinski definition) is 6. The average molecular weight is 475 g/mol. The maximum Gasteiger partial charge on any atom is 0.225 e. The number of anilines is 2. The van der Waals surface area contributed by atoms with Gasteiger partial charge in [0.15, 0.2) is 11.6 Å². The summed E-state index contributed by atoms with van der Waals surface area (Å²) in [5.41, 5.74) is 1.23. The van der Waals surface area contributed by atoms with E-state index in [-0.39, 0.29) is 17.9 Å². The van der Waals surface area contributed by atoms with Crippen LogP contribution in [0.4, 0.5) is 20.5 Å². The Morgan fingerprint density at radius 2 is 1.85 bits per heavy atom. The van der Waals surface area contributed by atoms with Gasteiger partial charge in [-0.05, 0) is 43.4 Å². The molecule has 2 aromatic heterocycles. The maximum absolute atomic E-state index is 13.8. The second-order valence-corrected chi connectivity index (χ2v) is 8.84. The number of fused-ring (bicyclic) bond motifs is 1. The summed E-state index contributed by atoms with van der Waals surface area (Å²) < 4.78 is 27.5. The lowest BCUT2D eigenvalue weighted by Gasteiger charge is -2.28. The van der Waals surface area contributed by atoms with Gasteiger partial charge in [0.2, 0.25) is 11.9 Å². The first kappa shape index (κ1) is 23.1. The highest BCUT2D eigenvalue weighted by Crippen LogP contribution is 2.29. The predicted molar refractivity (Wildman–Crippen MR) is 124 cm³/mol. The number of pyridine rings is 1. The molecule has 0 atom stereocenters. The van der Waals surface area contributed by atoms with Gasteiger partial charge in [-0.1, -0.05) is 17.7 Å². The number of halogens is 3. The molecule has 1 saturated carbocycles. The Morgan fingerprint density at radius 3 is 2.52 bits per heavy atom. The molecule has 7 nitrogen and oxygen atoms in total. The average Bonchev–Trinajstić information content (AvgIpc) is 2.79. The molecule has 0 unspecified atom stereocenters. The molecule has 3 aromatic rings. The highest BCUT2D eigenvalue weighted by atomic mass is 35.5. The second kappa shape index (κ2) is 9.82. The molecular formula is C23H25ClF2N6O. The normalized spacial score (nSPS) is 18.2. The Labute approximate surface area is 195 Å². The van der Waals surface area contributed by atoms with E-state index in [4.69, 9.17) is 11.6 Å². The third-order valence-electron chi connectivity index (χ3n) is 5.83. The molecule has 1 aliphatic carbocycles. The molecule has 0 aliphatic heterocycles. The Balaban J connectivity index is 1.37. The van der Waals surface area contributed by atoms with Crippen molar-refractivity contribution in [3.63, 3.8) is 0 Å². The molecule has 1 fully saturated rings. The lowest BCUT2D eigenvalue weighted by atomic mass is 9.85. The topological polar surface area (TPSA) is 83.0 Å². The van der Waals surface area contributed by atoms with E-state index in [2.05, 4.69) is 25.6 Å². The van der Waals surface area contributed by atoms with Crippen LogP contribution in [0.5, 0.6) is 0 Å². The Kier molecular flexibility index (Phi) is 6.88. The molecular weight excluding hydrogens is 450 g/mol. The van der Waals surface area contributed by atoms with Crippen molar-refractivity contribution in [2.75, 3.05) is 24.3 Å². The number of benzene rings is 1. The van der Waals surface area contributed by atoms with Crippen molar-refractivity contribution >= 4 is 40.2 Å². The SMILES string of the molecule is CN(C)c1nc(N[C@H]2CC[C@@H](C(=O)NCc3ccc(Cl)nc3)CC2)nc2cc(F)c(F)cc12. The summed E-state index contributed by atoms with van der Waals surface area (Å²) in [4.78, 5) is 27.2. The van der Waals surface area contributed by atoms with Gasteiger partial charge in [-0.15, -0.1) is 0 Å². The number of hydrogen-bond donors (Lipinski definition) is 2. The first-order chi connectivity index (χ1) is 15.8. The summed E-state index contributed by atoms with van der Waals surface area (Å²) in [6.07, 6.45) is 4.66.